The van der Waals surface area contributed by atoms with E-state index in [-0.39, 0.29) is 6.61 Å². The number of benzene rings is 2. The molecule has 0 amide bonds. The van der Waals surface area contributed by atoms with Gasteiger partial charge in [0, 0.05) is 6.54 Å². The number of hydrogen-bond donors (Lipinski definition) is 0. The van der Waals surface area contributed by atoms with Crippen molar-refractivity contribution in [2.24, 2.45) is 0 Å². The molecule has 2 aromatic carbocycles. The van der Waals surface area contributed by atoms with Gasteiger partial charge in [0.25, 0.3) is 0 Å². The number of aromatic nitrogens is 4. The lowest BCUT2D eigenvalue weighted by molar-refractivity contribution is 0.0453. The number of esters is 1. The molecule has 0 saturated heterocycles. The first kappa shape index (κ1) is 16.9. The molecule has 0 aliphatic carbocycles. The minimum Gasteiger partial charge on any atom is -0.496 e. The summed E-state index contributed by atoms with van der Waals surface area (Å²) in [7, 11) is 1.53. The minimum absolute atomic E-state index is 0.0194. The summed E-state index contributed by atoms with van der Waals surface area (Å²) in [5.41, 5.74) is 0.383. The molecule has 7 heteroatoms. The Labute approximate surface area is 145 Å². The summed E-state index contributed by atoms with van der Waals surface area (Å²) in [4.78, 5) is 12.5. The van der Waals surface area contributed by atoms with Crippen LogP contribution < -0.4 is 4.74 Å². The maximum absolute atomic E-state index is 12.5. The second-order valence-electron chi connectivity index (χ2n) is 5.65. The fraction of sp³-hybridized carbons (Fsp3) is 0.333. The summed E-state index contributed by atoms with van der Waals surface area (Å²) < 4.78 is 12.4. The Hall–Kier alpha value is -2.96. The first-order valence-corrected chi connectivity index (χ1v) is 8.22. The first-order chi connectivity index (χ1) is 12.2. The summed E-state index contributed by atoms with van der Waals surface area (Å²) in [5, 5.41) is 13.4. The number of carbonyl (C=O) groups is 1. The van der Waals surface area contributed by atoms with E-state index in [1.165, 1.54) is 7.11 Å². The molecule has 25 heavy (non-hydrogen) atoms. The van der Waals surface area contributed by atoms with Crippen LogP contribution in [0.5, 0.6) is 5.75 Å². The van der Waals surface area contributed by atoms with Crippen molar-refractivity contribution in [3.8, 4) is 5.75 Å². The minimum atomic E-state index is -0.465. The monoisotopic (exact) mass is 340 g/mol. The average molecular weight is 340 g/mol. The van der Waals surface area contributed by atoms with Gasteiger partial charge in [-0.15, -0.1) is 5.10 Å². The van der Waals surface area contributed by atoms with Crippen molar-refractivity contribution in [1.82, 2.24) is 20.2 Å². The number of aryl methyl sites for hydroxylation is 1. The van der Waals surface area contributed by atoms with E-state index in [0.29, 0.717) is 23.7 Å². The van der Waals surface area contributed by atoms with Gasteiger partial charge in [-0.1, -0.05) is 37.6 Å². The Morgan fingerprint density at radius 2 is 1.96 bits per heavy atom. The lowest BCUT2D eigenvalue weighted by Gasteiger charge is -2.10. The highest BCUT2D eigenvalue weighted by Crippen LogP contribution is 2.26. The van der Waals surface area contributed by atoms with Crippen LogP contribution in [-0.2, 0) is 17.9 Å². The molecule has 0 radical (unpaired) electrons. The molecule has 0 aliphatic rings. The van der Waals surface area contributed by atoms with Crippen LogP contribution >= 0.6 is 0 Å². The molecule has 1 heterocycles. The largest absolute Gasteiger partial charge is 0.496 e. The topological polar surface area (TPSA) is 79.1 Å². The van der Waals surface area contributed by atoms with E-state index >= 15 is 0 Å². The van der Waals surface area contributed by atoms with E-state index in [1.807, 2.05) is 30.3 Å². The highest BCUT2D eigenvalue weighted by Gasteiger charge is 2.17. The quantitative estimate of drug-likeness (QED) is 0.615. The normalized spacial score (nSPS) is 10.8. The summed E-state index contributed by atoms with van der Waals surface area (Å²) in [6.07, 6.45) is 2.00. The van der Waals surface area contributed by atoms with Crippen molar-refractivity contribution in [3.05, 3.63) is 47.8 Å². The summed E-state index contributed by atoms with van der Waals surface area (Å²) >= 11 is 0. The second kappa shape index (κ2) is 7.74. The number of ether oxygens (including phenoxy) is 2. The van der Waals surface area contributed by atoms with Gasteiger partial charge >= 0.3 is 5.97 Å². The number of nitrogens with zero attached hydrogens (tertiary/aromatic N) is 4. The van der Waals surface area contributed by atoms with Gasteiger partial charge in [0.1, 0.15) is 11.3 Å². The Morgan fingerprint density at radius 1 is 1.20 bits per heavy atom. The molecule has 0 atom stereocenters. The number of fused-ring (bicyclic) bond motifs is 1. The maximum atomic E-state index is 12.5. The van der Waals surface area contributed by atoms with Crippen molar-refractivity contribution < 1.29 is 14.3 Å². The van der Waals surface area contributed by atoms with Gasteiger partial charge in [0.15, 0.2) is 12.4 Å². The van der Waals surface area contributed by atoms with Crippen LogP contribution in [-0.4, -0.2) is 33.3 Å². The van der Waals surface area contributed by atoms with E-state index in [1.54, 1.807) is 10.7 Å². The van der Waals surface area contributed by atoms with Crippen molar-refractivity contribution >= 4 is 16.7 Å². The van der Waals surface area contributed by atoms with Gasteiger partial charge in [-0.2, -0.15) is 0 Å². The van der Waals surface area contributed by atoms with Crippen LogP contribution in [0.2, 0.25) is 0 Å². The summed E-state index contributed by atoms with van der Waals surface area (Å²) in [6, 6.07) is 11.4. The predicted molar refractivity (Wildman–Crippen MR) is 92.3 cm³/mol. The number of hydrogen-bond acceptors (Lipinski definition) is 6. The summed E-state index contributed by atoms with van der Waals surface area (Å²) in [6.45, 7) is 2.82. The molecule has 3 aromatic rings. The molecule has 0 spiro atoms. The molecule has 0 unspecified atom stereocenters. The molecular formula is C18H20N4O3. The second-order valence-corrected chi connectivity index (χ2v) is 5.65. The van der Waals surface area contributed by atoms with Gasteiger partial charge in [0.05, 0.1) is 7.11 Å². The van der Waals surface area contributed by atoms with E-state index in [4.69, 9.17) is 9.47 Å². The van der Waals surface area contributed by atoms with Crippen molar-refractivity contribution in [2.75, 3.05) is 7.11 Å². The van der Waals surface area contributed by atoms with Gasteiger partial charge in [0.2, 0.25) is 0 Å². The van der Waals surface area contributed by atoms with Gasteiger partial charge in [-0.3, -0.25) is 0 Å². The zero-order valence-corrected chi connectivity index (χ0v) is 14.3. The first-order valence-electron chi connectivity index (χ1n) is 8.22. The Balaban J connectivity index is 1.77. The Bertz CT molecular complexity index is 876. The molecule has 0 fully saturated rings. The van der Waals surface area contributed by atoms with E-state index < -0.39 is 5.97 Å². The molecular weight excluding hydrogens is 320 g/mol. The molecule has 1 aromatic heterocycles. The van der Waals surface area contributed by atoms with E-state index in [0.717, 1.165) is 23.6 Å². The van der Waals surface area contributed by atoms with Gasteiger partial charge < -0.3 is 9.47 Å². The van der Waals surface area contributed by atoms with Crippen LogP contribution in [0.15, 0.2) is 36.4 Å². The third kappa shape index (κ3) is 3.76. The lowest BCUT2D eigenvalue weighted by atomic mass is 10.1. The van der Waals surface area contributed by atoms with Crippen LogP contribution in [0.3, 0.4) is 0 Å². The molecule has 0 bridgehead atoms. The lowest BCUT2D eigenvalue weighted by Crippen LogP contribution is -2.12. The van der Waals surface area contributed by atoms with Crippen LogP contribution in [0, 0.1) is 0 Å². The van der Waals surface area contributed by atoms with Crippen molar-refractivity contribution in [1.29, 1.82) is 0 Å². The maximum Gasteiger partial charge on any atom is 0.342 e. The van der Waals surface area contributed by atoms with E-state index in [2.05, 4.69) is 22.4 Å². The third-order valence-electron chi connectivity index (χ3n) is 3.95. The highest BCUT2D eigenvalue weighted by molar-refractivity contribution is 5.98. The molecule has 0 aliphatic heterocycles. The molecule has 7 nitrogen and oxygen atoms in total. The third-order valence-corrected chi connectivity index (χ3v) is 3.95. The average Bonchev–Trinajstić information content (AvgIpc) is 3.10. The molecule has 130 valence electrons. The van der Waals surface area contributed by atoms with Crippen molar-refractivity contribution in [3.63, 3.8) is 0 Å². The van der Waals surface area contributed by atoms with Crippen LogP contribution in [0.4, 0.5) is 0 Å². The number of methoxy groups -OCH3 is 1. The number of tetrazole rings is 1. The Kier molecular flexibility index (Phi) is 5.23. The number of rotatable bonds is 7. The van der Waals surface area contributed by atoms with E-state index in [9.17, 15) is 4.79 Å². The molecule has 0 saturated carbocycles. The van der Waals surface area contributed by atoms with Gasteiger partial charge in [-0.25, -0.2) is 9.48 Å². The smallest absolute Gasteiger partial charge is 0.342 e. The highest BCUT2D eigenvalue weighted by atomic mass is 16.5. The van der Waals surface area contributed by atoms with Gasteiger partial charge in [-0.05, 0) is 39.8 Å². The standard InChI is InChI=1S/C18H20N4O3/c1-3-4-9-22-17(19-20-21-22)12-25-18(23)15-10-13-7-5-6-8-14(13)11-16(15)24-2/h5-8,10-11H,3-4,9,12H2,1-2H3. The fourth-order valence-electron chi connectivity index (χ4n) is 2.56. The fourth-order valence-corrected chi connectivity index (χ4v) is 2.56. The SMILES string of the molecule is CCCCn1nnnc1COC(=O)c1cc2ccccc2cc1OC. The molecule has 0 N–H and O–H groups in total. The van der Waals surface area contributed by atoms with Crippen LogP contribution in [0.25, 0.3) is 10.8 Å². The number of carbonyl (C=O) groups excluding carboxylic acids is 1. The predicted octanol–water partition coefficient (Wildman–Crippen LogP) is 2.99. The summed E-state index contributed by atoms with van der Waals surface area (Å²) in [5.74, 6) is 0.545. The Morgan fingerprint density at radius 3 is 2.68 bits per heavy atom. The zero-order valence-electron chi connectivity index (χ0n) is 14.3. The number of unbranched alkanes of at least 4 members (excludes halogenated alkanes) is 1. The van der Waals surface area contributed by atoms with Crippen molar-refractivity contribution in [2.45, 2.75) is 32.9 Å². The molecule has 3 rings (SSSR count). The zero-order chi connectivity index (χ0) is 17.6. The van der Waals surface area contributed by atoms with Crippen LogP contribution in [0.1, 0.15) is 35.9 Å².